The molecule has 82 valence electrons. The predicted molar refractivity (Wildman–Crippen MR) is 64.5 cm³/mol. The molecule has 0 atom stereocenters. The minimum absolute atomic E-state index is 0.391. The third kappa shape index (κ3) is 3.10. The van der Waals surface area contributed by atoms with Crippen molar-refractivity contribution in [1.82, 2.24) is 4.98 Å². The Bertz CT molecular complexity index is 319. The molecule has 2 rings (SSSR count). The van der Waals surface area contributed by atoms with Crippen LogP contribution in [0.4, 0.5) is 5.69 Å². The van der Waals surface area contributed by atoms with Gasteiger partial charge in [0.1, 0.15) is 0 Å². The minimum Gasteiger partial charge on any atom is -0.382 e. The molecule has 0 saturated heterocycles. The van der Waals surface area contributed by atoms with Gasteiger partial charge >= 0.3 is 0 Å². The molecule has 3 heteroatoms. The van der Waals surface area contributed by atoms with E-state index in [1.54, 1.807) is 0 Å². The van der Waals surface area contributed by atoms with Crippen molar-refractivity contribution in [2.45, 2.75) is 44.0 Å². The number of pyridine rings is 1. The molecule has 0 spiro atoms. The molecule has 1 aromatic rings. The van der Waals surface area contributed by atoms with Gasteiger partial charge in [-0.3, -0.25) is 4.98 Å². The Balaban J connectivity index is 1.92. The van der Waals surface area contributed by atoms with Gasteiger partial charge in [0.05, 0.1) is 0 Å². The molecule has 1 heterocycles. The fourth-order valence-corrected chi connectivity index (χ4v) is 2.32. The molecule has 1 N–H and O–H groups in total. The summed E-state index contributed by atoms with van der Waals surface area (Å²) >= 11 is 6.07. The summed E-state index contributed by atoms with van der Waals surface area (Å²) in [6.07, 6.45) is 6.46. The summed E-state index contributed by atoms with van der Waals surface area (Å²) in [5, 5.41) is 3.93. The van der Waals surface area contributed by atoms with Crippen molar-refractivity contribution in [2.24, 2.45) is 0 Å². The zero-order chi connectivity index (χ0) is 10.7. The van der Waals surface area contributed by atoms with Crippen LogP contribution in [-0.2, 0) is 0 Å². The Labute approximate surface area is 96.1 Å². The van der Waals surface area contributed by atoms with E-state index in [-0.39, 0.29) is 0 Å². The largest absolute Gasteiger partial charge is 0.382 e. The number of hydrogen-bond donors (Lipinski definition) is 1. The molecule has 0 aromatic carbocycles. The van der Waals surface area contributed by atoms with E-state index in [4.69, 9.17) is 11.6 Å². The molecular formula is C12H17ClN2. The molecular weight excluding hydrogens is 208 g/mol. The number of nitrogens with one attached hydrogen (secondary N) is 1. The van der Waals surface area contributed by atoms with Gasteiger partial charge in [0.15, 0.2) is 0 Å². The van der Waals surface area contributed by atoms with Crippen molar-refractivity contribution >= 4 is 17.3 Å². The average Bonchev–Trinajstić information content (AvgIpc) is 2.22. The normalized spacial score (nSPS) is 26.3. The van der Waals surface area contributed by atoms with Crippen molar-refractivity contribution in [3.63, 3.8) is 0 Å². The van der Waals surface area contributed by atoms with Crippen LogP contribution in [0, 0.1) is 6.92 Å². The van der Waals surface area contributed by atoms with Gasteiger partial charge in [-0.2, -0.15) is 0 Å². The van der Waals surface area contributed by atoms with E-state index in [0.717, 1.165) is 18.5 Å². The van der Waals surface area contributed by atoms with Gasteiger partial charge in [-0.1, -0.05) is 0 Å². The lowest BCUT2D eigenvalue weighted by atomic mass is 9.95. The number of nitrogens with zero attached hydrogens (tertiary/aromatic N) is 1. The van der Waals surface area contributed by atoms with Crippen molar-refractivity contribution in [2.75, 3.05) is 5.32 Å². The predicted octanol–water partition coefficient (Wildman–Crippen LogP) is 3.35. The molecule has 1 aromatic heterocycles. The molecule has 15 heavy (non-hydrogen) atoms. The number of halogens is 1. The third-order valence-electron chi connectivity index (χ3n) is 2.92. The lowest BCUT2D eigenvalue weighted by Crippen LogP contribution is -2.26. The number of anilines is 1. The van der Waals surface area contributed by atoms with Crippen LogP contribution in [0.1, 0.15) is 31.4 Å². The van der Waals surface area contributed by atoms with Crippen LogP contribution in [0.15, 0.2) is 18.3 Å². The number of hydrogen-bond acceptors (Lipinski definition) is 2. The molecule has 0 aliphatic heterocycles. The zero-order valence-corrected chi connectivity index (χ0v) is 9.80. The highest BCUT2D eigenvalue weighted by molar-refractivity contribution is 6.20. The fraction of sp³-hybridized carbons (Fsp3) is 0.583. The van der Waals surface area contributed by atoms with Crippen molar-refractivity contribution in [1.29, 1.82) is 0 Å². The maximum atomic E-state index is 6.07. The van der Waals surface area contributed by atoms with Crippen LogP contribution in [0.3, 0.4) is 0 Å². The summed E-state index contributed by atoms with van der Waals surface area (Å²) in [6, 6.07) is 4.70. The lowest BCUT2D eigenvalue weighted by Gasteiger charge is -2.26. The average molecular weight is 225 g/mol. The van der Waals surface area contributed by atoms with Gasteiger partial charge in [0.2, 0.25) is 0 Å². The van der Waals surface area contributed by atoms with E-state index >= 15 is 0 Å². The maximum absolute atomic E-state index is 6.07. The SMILES string of the molecule is Cc1cc(NC2CCC(Cl)CC2)ccn1. The van der Waals surface area contributed by atoms with Gasteiger partial charge in [-0.15, -0.1) is 11.6 Å². The first-order valence-corrected chi connectivity index (χ1v) is 6.01. The molecule has 0 unspecified atom stereocenters. The molecule has 0 radical (unpaired) electrons. The maximum Gasteiger partial charge on any atom is 0.0393 e. The van der Waals surface area contributed by atoms with Crippen LogP contribution < -0.4 is 5.32 Å². The number of aryl methyl sites for hydroxylation is 1. The summed E-state index contributed by atoms with van der Waals surface area (Å²) in [6.45, 7) is 2.01. The second-order valence-corrected chi connectivity index (χ2v) is 4.90. The Morgan fingerprint density at radius 1 is 1.33 bits per heavy atom. The molecule has 0 bridgehead atoms. The van der Waals surface area contributed by atoms with Crippen LogP contribution in [0.25, 0.3) is 0 Å². The Hall–Kier alpha value is -0.760. The highest BCUT2D eigenvalue weighted by atomic mass is 35.5. The summed E-state index contributed by atoms with van der Waals surface area (Å²) in [4.78, 5) is 4.18. The van der Waals surface area contributed by atoms with Gasteiger partial charge in [0.25, 0.3) is 0 Å². The van der Waals surface area contributed by atoms with Crippen LogP contribution >= 0.6 is 11.6 Å². The summed E-state index contributed by atoms with van der Waals surface area (Å²) in [5.74, 6) is 0. The number of rotatable bonds is 2. The first kappa shape index (κ1) is 10.7. The van der Waals surface area contributed by atoms with Gasteiger partial charge in [-0.25, -0.2) is 0 Å². The first-order chi connectivity index (χ1) is 7.24. The molecule has 2 nitrogen and oxygen atoms in total. The summed E-state index contributed by atoms with van der Waals surface area (Å²) < 4.78 is 0. The first-order valence-electron chi connectivity index (χ1n) is 5.57. The lowest BCUT2D eigenvalue weighted by molar-refractivity contribution is 0.468. The van der Waals surface area contributed by atoms with E-state index in [2.05, 4.69) is 16.4 Å². The molecule has 0 amide bonds. The molecule has 1 aliphatic rings. The standard InChI is InChI=1S/C12H17ClN2/c1-9-8-12(6-7-14-9)15-11-4-2-10(13)3-5-11/h6-8,10-11H,2-5H2,1H3,(H,14,15). The monoisotopic (exact) mass is 224 g/mol. The van der Waals surface area contributed by atoms with Crippen LogP contribution in [0.5, 0.6) is 0 Å². The van der Waals surface area contributed by atoms with Crippen molar-refractivity contribution in [3.8, 4) is 0 Å². The topological polar surface area (TPSA) is 24.9 Å². The number of alkyl halides is 1. The van der Waals surface area contributed by atoms with Crippen molar-refractivity contribution < 1.29 is 0 Å². The van der Waals surface area contributed by atoms with E-state index in [1.165, 1.54) is 18.5 Å². The third-order valence-corrected chi connectivity index (χ3v) is 3.36. The quantitative estimate of drug-likeness (QED) is 0.780. The van der Waals surface area contributed by atoms with Gasteiger partial charge in [-0.05, 0) is 44.7 Å². The van der Waals surface area contributed by atoms with E-state index < -0.39 is 0 Å². The highest BCUT2D eigenvalue weighted by Crippen LogP contribution is 2.25. The van der Waals surface area contributed by atoms with E-state index in [9.17, 15) is 0 Å². The summed E-state index contributed by atoms with van der Waals surface area (Å²) in [7, 11) is 0. The van der Waals surface area contributed by atoms with Crippen LogP contribution in [0.2, 0.25) is 0 Å². The van der Waals surface area contributed by atoms with Gasteiger partial charge in [0, 0.05) is 29.0 Å². The Kier molecular flexibility index (Phi) is 3.47. The molecule has 1 fully saturated rings. The smallest absolute Gasteiger partial charge is 0.0393 e. The summed E-state index contributed by atoms with van der Waals surface area (Å²) in [5.41, 5.74) is 2.24. The Morgan fingerprint density at radius 2 is 2.07 bits per heavy atom. The van der Waals surface area contributed by atoms with Crippen molar-refractivity contribution in [3.05, 3.63) is 24.0 Å². The second kappa shape index (κ2) is 4.84. The van der Waals surface area contributed by atoms with E-state index in [0.29, 0.717) is 11.4 Å². The Morgan fingerprint density at radius 3 is 2.73 bits per heavy atom. The second-order valence-electron chi connectivity index (χ2n) is 4.28. The highest BCUT2D eigenvalue weighted by Gasteiger charge is 2.18. The molecule has 1 saturated carbocycles. The van der Waals surface area contributed by atoms with E-state index in [1.807, 2.05) is 19.2 Å². The zero-order valence-electron chi connectivity index (χ0n) is 9.04. The fourth-order valence-electron chi connectivity index (χ4n) is 2.07. The molecule has 1 aliphatic carbocycles. The van der Waals surface area contributed by atoms with Crippen LogP contribution in [-0.4, -0.2) is 16.4 Å². The van der Waals surface area contributed by atoms with Gasteiger partial charge < -0.3 is 5.32 Å². The number of aromatic nitrogens is 1. The minimum atomic E-state index is 0.391.